The summed E-state index contributed by atoms with van der Waals surface area (Å²) < 4.78 is 10.0. The highest BCUT2D eigenvalue weighted by Gasteiger charge is 2.43. The first kappa shape index (κ1) is 17.9. The van der Waals surface area contributed by atoms with Gasteiger partial charge >= 0.3 is 5.97 Å². The van der Waals surface area contributed by atoms with Gasteiger partial charge in [-0.05, 0) is 26.3 Å². The maximum atomic E-state index is 12.9. The summed E-state index contributed by atoms with van der Waals surface area (Å²) in [6.45, 7) is 6.54. The van der Waals surface area contributed by atoms with Crippen LogP contribution in [0.4, 0.5) is 0 Å². The number of hydrogen-bond acceptors (Lipinski definition) is 5. The smallest absolute Gasteiger partial charge is 0.325 e. The molecule has 0 aromatic rings. The van der Waals surface area contributed by atoms with E-state index in [-0.39, 0.29) is 23.8 Å². The maximum absolute atomic E-state index is 12.9. The molecule has 21 heavy (non-hydrogen) atoms. The summed E-state index contributed by atoms with van der Waals surface area (Å²) >= 11 is 0. The predicted molar refractivity (Wildman–Crippen MR) is 79.9 cm³/mol. The lowest BCUT2D eigenvalue weighted by Crippen LogP contribution is -2.48. The van der Waals surface area contributed by atoms with Crippen LogP contribution in [0.15, 0.2) is 0 Å². The van der Waals surface area contributed by atoms with Crippen LogP contribution in [0.1, 0.15) is 33.1 Å². The van der Waals surface area contributed by atoms with Crippen molar-refractivity contribution in [3.63, 3.8) is 0 Å². The number of hydrogen-bond donors (Lipinski definition) is 1. The zero-order valence-corrected chi connectivity index (χ0v) is 13.4. The third-order valence-corrected chi connectivity index (χ3v) is 3.90. The minimum atomic E-state index is -0.380. The maximum Gasteiger partial charge on any atom is 0.325 e. The highest BCUT2D eigenvalue weighted by molar-refractivity contribution is 5.87. The number of nitrogens with one attached hydrogen (secondary N) is 1. The van der Waals surface area contributed by atoms with Crippen LogP contribution in [0, 0.1) is 5.41 Å². The Hall–Kier alpha value is -1.14. The first-order valence-electron chi connectivity index (χ1n) is 7.74. The lowest BCUT2D eigenvalue weighted by atomic mass is 9.81. The molecule has 0 bridgehead atoms. The molecule has 1 fully saturated rings. The van der Waals surface area contributed by atoms with Gasteiger partial charge in [-0.15, -0.1) is 0 Å². The Morgan fingerprint density at radius 2 is 2.10 bits per heavy atom. The summed E-state index contributed by atoms with van der Waals surface area (Å²) in [7, 11) is 1.59. The SMILES string of the molecule is CCCC1(C(=O)N(CCOC)CC(=O)OCC)CCNC1. The molecule has 0 aliphatic carbocycles. The van der Waals surface area contributed by atoms with Crippen LogP contribution in [0.25, 0.3) is 0 Å². The molecule has 0 spiro atoms. The Morgan fingerprint density at radius 1 is 1.33 bits per heavy atom. The van der Waals surface area contributed by atoms with Gasteiger partial charge in [0.15, 0.2) is 0 Å². The Bertz CT molecular complexity index is 341. The second kappa shape index (κ2) is 9.00. The predicted octanol–water partition coefficient (Wildman–Crippen LogP) is 0.804. The van der Waals surface area contributed by atoms with Gasteiger partial charge in [0.05, 0.1) is 18.6 Å². The largest absolute Gasteiger partial charge is 0.465 e. The molecule has 0 saturated carbocycles. The van der Waals surface area contributed by atoms with E-state index in [0.29, 0.717) is 26.3 Å². The molecule has 1 N–H and O–H groups in total. The Morgan fingerprint density at radius 3 is 2.62 bits per heavy atom. The van der Waals surface area contributed by atoms with Crippen molar-refractivity contribution in [2.75, 3.05) is 46.5 Å². The molecule has 1 saturated heterocycles. The van der Waals surface area contributed by atoms with E-state index in [4.69, 9.17) is 9.47 Å². The summed E-state index contributed by atoms with van der Waals surface area (Å²) in [4.78, 5) is 26.2. The molecule has 6 nitrogen and oxygen atoms in total. The molecule has 122 valence electrons. The van der Waals surface area contributed by atoms with E-state index in [1.165, 1.54) is 0 Å². The molecule has 1 rings (SSSR count). The number of ether oxygens (including phenoxy) is 2. The van der Waals surface area contributed by atoms with Crippen molar-refractivity contribution in [2.45, 2.75) is 33.1 Å². The minimum absolute atomic E-state index is 0.00149. The highest BCUT2D eigenvalue weighted by Crippen LogP contribution is 2.33. The van der Waals surface area contributed by atoms with Crippen molar-refractivity contribution in [1.29, 1.82) is 0 Å². The normalized spacial score (nSPS) is 21.3. The first-order valence-corrected chi connectivity index (χ1v) is 7.74. The molecule has 1 heterocycles. The molecule has 0 aromatic heterocycles. The number of rotatable bonds is 9. The van der Waals surface area contributed by atoms with Gasteiger partial charge in [0.2, 0.25) is 5.91 Å². The summed E-state index contributed by atoms with van der Waals surface area (Å²) in [6, 6.07) is 0. The Labute approximate surface area is 127 Å². The van der Waals surface area contributed by atoms with Crippen LogP contribution in [-0.4, -0.2) is 63.3 Å². The standard InChI is InChI=1S/C15H28N2O4/c1-4-6-15(7-8-16-12-15)14(19)17(9-10-20-3)11-13(18)21-5-2/h16H,4-12H2,1-3H3. The van der Waals surface area contributed by atoms with Gasteiger partial charge in [-0.3, -0.25) is 9.59 Å². The van der Waals surface area contributed by atoms with Gasteiger partial charge in [0, 0.05) is 20.2 Å². The molecule has 1 amide bonds. The molecule has 0 radical (unpaired) electrons. The average molecular weight is 300 g/mol. The molecule has 0 aromatic carbocycles. The van der Waals surface area contributed by atoms with Crippen molar-refractivity contribution in [2.24, 2.45) is 5.41 Å². The first-order chi connectivity index (χ1) is 10.1. The quantitative estimate of drug-likeness (QED) is 0.638. The van der Waals surface area contributed by atoms with E-state index in [2.05, 4.69) is 12.2 Å². The van der Waals surface area contributed by atoms with Crippen LogP contribution < -0.4 is 5.32 Å². The van der Waals surface area contributed by atoms with Crippen LogP contribution in [-0.2, 0) is 19.1 Å². The van der Waals surface area contributed by atoms with Crippen molar-refractivity contribution in [1.82, 2.24) is 10.2 Å². The summed E-state index contributed by atoms with van der Waals surface area (Å²) in [6.07, 6.45) is 2.61. The van der Waals surface area contributed by atoms with Crippen LogP contribution >= 0.6 is 0 Å². The van der Waals surface area contributed by atoms with E-state index in [1.54, 1.807) is 18.9 Å². The van der Waals surface area contributed by atoms with Gasteiger partial charge in [0.1, 0.15) is 6.54 Å². The van der Waals surface area contributed by atoms with E-state index in [9.17, 15) is 9.59 Å². The Balaban J connectivity index is 2.79. The number of amides is 1. The second-order valence-corrected chi connectivity index (χ2v) is 5.48. The average Bonchev–Trinajstić information content (AvgIpc) is 2.93. The summed E-state index contributed by atoms with van der Waals surface area (Å²) in [5, 5.41) is 3.27. The topological polar surface area (TPSA) is 67.9 Å². The monoisotopic (exact) mass is 300 g/mol. The van der Waals surface area contributed by atoms with Crippen LogP contribution in [0.5, 0.6) is 0 Å². The number of carbonyl (C=O) groups excluding carboxylic acids is 2. The summed E-state index contributed by atoms with van der Waals surface area (Å²) in [5.41, 5.74) is -0.380. The highest BCUT2D eigenvalue weighted by atomic mass is 16.5. The summed E-state index contributed by atoms with van der Waals surface area (Å²) in [5.74, 6) is -0.320. The van der Waals surface area contributed by atoms with Gasteiger partial charge in [0.25, 0.3) is 0 Å². The van der Waals surface area contributed by atoms with Gasteiger partial charge in [-0.1, -0.05) is 13.3 Å². The van der Waals surface area contributed by atoms with Crippen molar-refractivity contribution in [3.05, 3.63) is 0 Å². The zero-order valence-electron chi connectivity index (χ0n) is 13.4. The van der Waals surface area contributed by atoms with Gasteiger partial charge < -0.3 is 19.7 Å². The third-order valence-electron chi connectivity index (χ3n) is 3.90. The van der Waals surface area contributed by atoms with E-state index in [1.807, 2.05) is 0 Å². The Kier molecular flexibility index (Phi) is 7.67. The lowest BCUT2D eigenvalue weighted by Gasteiger charge is -2.33. The lowest BCUT2D eigenvalue weighted by molar-refractivity contribution is -0.153. The molecule has 1 aliphatic heterocycles. The third kappa shape index (κ3) is 4.97. The molecule has 6 heteroatoms. The van der Waals surface area contributed by atoms with Crippen LogP contribution in [0.2, 0.25) is 0 Å². The fraction of sp³-hybridized carbons (Fsp3) is 0.867. The molecule has 1 unspecified atom stereocenters. The number of esters is 1. The fourth-order valence-electron chi connectivity index (χ4n) is 2.88. The minimum Gasteiger partial charge on any atom is -0.465 e. The molecular formula is C15H28N2O4. The van der Waals surface area contributed by atoms with Crippen LogP contribution in [0.3, 0.4) is 0 Å². The molecule has 1 atom stereocenters. The number of nitrogens with zero attached hydrogens (tertiary/aromatic N) is 1. The van der Waals surface area contributed by atoms with Gasteiger partial charge in [-0.2, -0.15) is 0 Å². The van der Waals surface area contributed by atoms with Crippen molar-refractivity contribution < 1.29 is 19.1 Å². The fourth-order valence-corrected chi connectivity index (χ4v) is 2.88. The van der Waals surface area contributed by atoms with E-state index < -0.39 is 0 Å². The van der Waals surface area contributed by atoms with E-state index in [0.717, 1.165) is 25.8 Å². The van der Waals surface area contributed by atoms with Crippen molar-refractivity contribution >= 4 is 11.9 Å². The second-order valence-electron chi connectivity index (χ2n) is 5.48. The van der Waals surface area contributed by atoms with Crippen molar-refractivity contribution in [3.8, 4) is 0 Å². The molecular weight excluding hydrogens is 272 g/mol. The number of methoxy groups -OCH3 is 1. The number of carbonyl (C=O) groups is 2. The van der Waals surface area contributed by atoms with Gasteiger partial charge in [-0.25, -0.2) is 0 Å². The molecule has 1 aliphatic rings. The zero-order chi connectivity index (χ0) is 15.7. The van der Waals surface area contributed by atoms with E-state index >= 15 is 0 Å².